The highest BCUT2D eigenvalue weighted by molar-refractivity contribution is 5.88. The molecule has 21 heavy (non-hydrogen) atoms. The first kappa shape index (κ1) is 14.3. The summed E-state index contributed by atoms with van der Waals surface area (Å²) in [5, 5.41) is 10.7. The summed E-state index contributed by atoms with van der Waals surface area (Å²) in [6.07, 6.45) is 5.76. The van der Waals surface area contributed by atoms with Crippen molar-refractivity contribution in [3.8, 4) is 23.7 Å². The van der Waals surface area contributed by atoms with E-state index in [9.17, 15) is 14.9 Å². The van der Waals surface area contributed by atoms with E-state index in [4.69, 9.17) is 11.2 Å². The number of nitrogens with zero attached hydrogens (tertiary/aromatic N) is 2. The van der Waals surface area contributed by atoms with Crippen LogP contribution in [-0.2, 0) is 4.74 Å². The summed E-state index contributed by atoms with van der Waals surface area (Å²) in [5.74, 6) is 1.97. The second kappa shape index (κ2) is 5.88. The van der Waals surface area contributed by atoms with Crippen LogP contribution in [0.2, 0.25) is 0 Å². The van der Waals surface area contributed by atoms with E-state index in [2.05, 4.69) is 15.9 Å². The van der Waals surface area contributed by atoms with E-state index in [-0.39, 0.29) is 11.4 Å². The minimum atomic E-state index is -0.651. The van der Waals surface area contributed by atoms with E-state index in [0.717, 1.165) is 0 Å². The van der Waals surface area contributed by atoms with Crippen LogP contribution in [0.15, 0.2) is 30.5 Å². The molecule has 0 saturated carbocycles. The summed E-state index contributed by atoms with van der Waals surface area (Å²) in [7, 11) is 0. The highest BCUT2D eigenvalue weighted by atomic mass is 16.6. The Labute approximate surface area is 120 Å². The molecule has 1 aromatic heterocycles. The molecule has 0 spiro atoms. The zero-order chi connectivity index (χ0) is 15.4. The number of imidazole rings is 1. The van der Waals surface area contributed by atoms with Crippen molar-refractivity contribution in [2.75, 3.05) is 0 Å². The van der Waals surface area contributed by atoms with Gasteiger partial charge in [0.15, 0.2) is 6.10 Å². The molecular formula is C14H11N3O4. The van der Waals surface area contributed by atoms with Gasteiger partial charge in [0.1, 0.15) is 11.5 Å². The third-order valence-electron chi connectivity index (χ3n) is 2.64. The number of nitrogens with one attached hydrogen (secondary N) is 1. The summed E-state index contributed by atoms with van der Waals surface area (Å²) in [6, 6.07) is 5.91. The fourth-order valence-corrected chi connectivity index (χ4v) is 1.60. The van der Waals surface area contributed by atoms with Crippen molar-refractivity contribution in [2.24, 2.45) is 0 Å². The monoisotopic (exact) mass is 285 g/mol. The zero-order valence-corrected chi connectivity index (χ0v) is 11.1. The van der Waals surface area contributed by atoms with Gasteiger partial charge in [-0.15, -0.1) is 6.42 Å². The van der Waals surface area contributed by atoms with Gasteiger partial charge < -0.3 is 9.72 Å². The molecule has 0 radical (unpaired) electrons. The Kier molecular flexibility index (Phi) is 4.00. The number of terminal acetylenes is 1. The van der Waals surface area contributed by atoms with Crippen LogP contribution in [0, 0.1) is 22.5 Å². The molecule has 106 valence electrons. The number of hydrogen-bond acceptors (Lipinski definition) is 5. The Balaban J connectivity index is 2.24. The normalized spacial score (nSPS) is 11.4. The number of benzene rings is 1. The van der Waals surface area contributed by atoms with Gasteiger partial charge in [0.2, 0.25) is 0 Å². The number of hydrogen-bond donors (Lipinski definition) is 1. The lowest BCUT2D eigenvalue weighted by atomic mass is 10.2. The first-order chi connectivity index (χ1) is 10.0. The van der Waals surface area contributed by atoms with E-state index in [1.54, 1.807) is 13.0 Å². The molecule has 1 unspecified atom stereocenters. The number of esters is 1. The molecule has 2 aromatic rings. The minimum Gasteiger partial charge on any atom is -0.445 e. The number of aromatic nitrogens is 2. The lowest BCUT2D eigenvalue weighted by Crippen LogP contribution is -2.13. The smallest absolute Gasteiger partial charge is 0.357 e. The number of ether oxygens (including phenoxy) is 1. The Morgan fingerprint density at radius 2 is 2.33 bits per heavy atom. The van der Waals surface area contributed by atoms with Crippen LogP contribution in [0.1, 0.15) is 17.4 Å². The number of H-pyrrole nitrogens is 1. The Bertz CT molecular complexity index is 730. The molecule has 1 aromatic carbocycles. The van der Waals surface area contributed by atoms with Gasteiger partial charge in [-0.1, -0.05) is 18.1 Å². The second-order valence-corrected chi connectivity index (χ2v) is 4.17. The Morgan fingerprint density at radius 1 is 1.57 bits per heavy atom. The molecule has 0 amide bonds. The molecular weight excluding hydrogens is 274 g/mol. The lowest BCUT2D eigenvalue weighted by Gasteiger charge is -2.04. The standard InChI is InChI=1S/C14H11N3O4/c1-3-9(2)21-14(18)12-8-15-13(16-12)10-5-4-6-11(7-10)17(19)20/h1,4-9H,2H3,(H,15,16). The van der Waals surface area contributed by atoms with Crippen LogP contribution >= 0.6 is 0 Å². The average molecular weight is 285 g/mol. The van der Waals surface area contributed by atoms with E-state index >= 15 is 0 Å². The molecule has 7 nitrogen and oxygen atoms in total. The fraction of sp³-hybridized carbons (Fsp3) is 0.143. The first-order valence-corrected chi connectivity index (χ1v) is 5.98. The van der Waals surface area contributed by atoms with Gasteiger partial charge >= 0.3 is 5.97 Å². The SMILES string of the molecule is C#CC(C)OC(=O)c1cnc(-c2cccc([N+](=O)[O-])c2)[nH]1. The molecule has 0 fully saturated rings. The number of nitro groups is 1. The summed E-state index contributed by atoms with van der Waals surface area (Å²) in [4.78, 5) is 28.7. The van der Waals surface area contributed by atoms with E-state index in [1.807, 2.05) is 0 Å². The summed E-state index contributed by atoms with van der Waals surface area (Å²) in [6.45, 7) is 1.57. The lowest BCUT2D eigenvalue weighted by molar-refractivity contribution is -0.384. The number of non-ortho nitro benzene ring substituents is 1. The molecule has 7 heteroatoms. The van der Waals surface area contributed by atoms with Gasteiger partial charge in [-0.2, -0.15) is 0 Å². The van der Waals surface area contributed by atoms with Gasteiger partial charge in [-0.3, -0.25) is 10.1 Å². The van der Waals surface area contributed by atoms with Crippen molar-refractivity contribution in [3.05, 3.63) is 46.3 Å². The van der Waals surface area contributed by atoms with Gasteiger partial charge in [0.25, 0.3) is 5.69 Å². The highest BCUT2D eigenvalue weighted by Crippen LogP contribution is 2.21. The molecule has 1 heterocycles. The van der Waals surface area contributed by atoms with E-state index < -0.39 is 17.0 Å². The second-order valence-electron chi connectivity index (χ2n) is 4.17. The molecule has 0 aliphatic rings. The van der Waals surface area contributed by atoms with Gasteiger partial charge in [-0.05, 0) is 6.92 Å². The predicted molar refractivity (Wildman–Crippen MR) is 74.4 cm³/mol. The van der Waals surface area contributed by atoms with Crippen LogP contribution in [0.4, 0.5) is 5.69 Å². The van der Waals surface area contributed by atoms with Gasteiger partial charge in [-0.25, -0.2) is 9.78 Å². The topological polar surface area (TPSA) is 98.1 Å². The van der Waals surface area contributed by atoms with E-state index in [0.29, 0.717) is 11.4 Å². The van der Waals surface area contributed by atoms with Crippen molar-refractivity contribution in [2.45, 2.75) is 13.0 Å². The van der Waals surface area contributed by atoms with Crippen molar-refractivity contribution in [1.82, 2.24) is 9.97 Å². The highest BCUT2D eigenvalue weighted by Gasteiger charge is 2.15. The summed E-state index contributed by atoms with van der Waals surface area (Å²) < 4.78 is 4.94. The Hall–Kier alpha value is -3.14. The number of carbonyl (C=O) groups is 1. The number of nitro benzene ring substituents is 1. The third kappa shape index (κ3) is 3.25. The van der Waals surface area contributed by atoms with Crippen molar-refractivity contribution < 1.29 is 14.5 Å². The number of aromatic amines is 1. The first-order valence-electron chi connectivity index (χ1n) is 5.98. The maximum Gasteiger partial charge on any atom is 0.357 e. The van der Waals surface area contributed by atoms with Crippen molar-refractivity contribution in [1.29, 1.82) is 0 Å². The zero-order valence-electron chi connectivity index (χ0n) is 11.1. The average Bonchev–Trinajstić information content (AvgIpc) is 2.97. The molecule has 2 rings (SSSR count). The quantitative estimate of drug-likeness (QED) is 0.402. The van der Waals surface area contributed by atoms with Crippen LogP contribution in [0.5, 0.6) is 0 Å². The predicted octanol–water partition coefficient (Wildman–Crippen LogP) is 2.16. The van der Waals surface area contributed by atoms with Crippen molar-refractivity contribution in [3.63, 3.8) is 0 Å². The van der Waals surface area contributed by atoms with Crippen molar-refractivity contribution >= 4 is 11.7 Å². The minimum absolute atomic E-state index is 0.0611. The van der Waals surface area contributed by atoms with Gasteiger partial charge in [0, 0.05) is 17.7 Å². The molecule has 0 bridgehead atoms. The van der Waals surface area contributed by atoms with Crippen LogP contribution in [0.3, 0.4) is 0 Å². The van der Waals surface area contributed by atoms with E-state index in [1.165, 1.54) is 24.4 Å². The number of rotatable bonds is 4. The van der Waals surface area contributed by atoms with Crippen LogP contribution in [0.25, 0.3) is 11.4 Å². The molecule has 1 atom stereocenters. The molecule has 0 aliphatic heterocycles. The summed E-state index contributed by atoms with van der Waals surface area (Å²) >= 11 is 0. The van der Waals surface area contributed by atoms with Crippen LogP contribution in [-0.4, -0.2) is 27.0 Å². The number of carbonyl (C=O) groups excluding carboxylic acids is 1. The largest absolute Gasteiger partial charge is 0.445 e. The van der Waals surface area contributed by atoms with Crippen LogP contribution < -0.4 is 0 Å². The summed E-state index contributed by atoms with van der Waals surface area (Å²) in [5.41, 5.74) is 0.556. The maximum atomic E-state index is 11.7. The fourth-order valence-electron chi connectivity index (χ4n) is 1.60. The molecule has 1 N–H and O–H groups in total. The Morgan fingerprint density at radius 3 is 3.00 bits per heavy atom. The van der Waals surface area contributed by atoms with Gasteiger partial charge in [0.05, 0.1) is 11.1 Å². The molecule has 0 saturated heterocycles. The maximum absolute atomic E-state index is 11.7. The molecule has 0 aliphatic carbocycles. The third-order valence-corrected chi connectivity index (χ3v) is 2.64.